The second kappa shape index (κ2) is 7.19. The number of nitrogens with two attached hydrogens (primary N) is 1. The van der Waals surface area contributed by atoms with Crippen LogP contribution in [0.1, 0.15) is 44.6 Å². The molecule has 1 saturated heterocycles. The Bertz CT molecular complexity index is 990. The molecular formula is C19H22N2O5S. The Morgan fingerprint density at radius 1 is 1.22 bits per heavy atom. The molecule has 0 radical (unpaired) electrons. The van der Waals surface area contributed by atoms with E-state index in [1.54, 1.807) is 18.2 Å². The molecule has 1 atom stereocenters. The third kappa shape index (κ3) is 4.05. The van der Waals surface area contributed by atoms with Crippen LogP contribution in [-0.2, 0) is 9.84 Å². The number of rotatable bonds is 6. The van der Waals surface area contributed by atoms with Gasteiger partial charge in [0.1, 0.15) is 5.75 Å². The largest absolute Gasteiger partial charge is 0.485 e. The maximum Gasteiger partial charge on any atom is 0.248 e. The Morgan fingerprint density at radius 2 is 1.89 bits per heavy atom. The van der Waals surface area contributed by atoms with Gasteiger partial charge < -0.3 is 15.0 Å². The first-order valence-corrected chi connectivity index (χ1v) is 10.4. The maximum absolute atomic E-state index is 12.6. The van der Waals surface area contributed by atoms with Gasteiger partial charge in [-0.2, -0.15) is 0 Å². The normalized spacial score (nSPS) is 18.4. The van der Waals surface area contributed by atoms with Crippen molar-refractivity contribution in [3.63, 3.8) is 0 Å². The number of amides is 1. The molecule has 0 saturated carbocycles. The van der Waals surface area contributed by atoms with E-state index in [4.69, 9.17) is 10.5 Å². The predicted octanol–water partition coefficient (Wildman–Crippen LogP) is 1.83. The van der Waals surface area contributed by atoms with E-state index in [2.05, 4.69) is 0 Å². The van der Waals surface area contributed by atoms with Gasteiger partial charge in [-0.3, -0.25) is 9.59 Å². The van der Waals surface area contributed by atoms with Gasteiger partial charge in [0.15, 0.2) is 16.4 Å². The number of hydrogen-bond donors (Lipinski definition) is 1. The van der Waals surface area contributed by atoms with Crippen molar-refractivity contribution < 1.29 is 22.7 Å². The van der Waals surface area contributed by atoms with Crippen LogP contribution < -0.4 is 10.5 Å². The number of nitrogens with zero attached hydrogens (tertiary/aromatic N) is 1. The highest BCUT2D eigenvalue weighted by atomic mass is 32.2. The fourth-order valence-electron chi connectivity index (χ4n) is 3.54. The lowest BCUT2D eigenvalue weighted by Gasteiger charge is -2.16. The van der Waals surface area contributed by atoms with Crippen molar-refractivity contribution in [1.82, 2.24) is 4.57 Å². The average molecular weight is 390 g/mol. The molecule has 0 unspecified atom stereocenters. The van der Waals surface area contributed by atoms with E-state index in [1.807, 2.05) is 18.4 Å². The summed E-state index contributed by atoms with van der Waals surface area (Å²) in [5, 5.41) is 0. The first-order chi connectivity index (χ1) is 12.7. The first kappa shape index (κ1) is 19.2. The minimum absolute atomic E-state index is 0.111. The third-order valence-electron chi connectivity index (χ3n) is 4.87. The Hall–Kier alpha value is -2.61. The number of carbonyl (C=O) groups excluding carboxylic acids is 2. The van der Waals surface area contributed by atoms with Crippen LogP contribution in [0.15, 0.2) is 30.3 Å². The molecule has 0 aliphatic carbocycles. The fourth-order valence-corrected chi connectivity index (χ4v) is 5.24. The monoisotopic (exact) mass is 390 g/mol. The van der Waals surface area contributed by atoms with Crippen molar-refractivity contribution in [2.75, 3.05) is 18.1 Å². The molecule has 27 heavy (non-hydrogen) atoms. The summed E-state index contributed by atoms with van der Waals surface area (Å²) in [5.41, 5.74) is 7.71. The summed E-state index contributed by atoms with van der Waals surface area (Å²) in [6.07, 6.45) is 0.565. The van der Waals surface area contributed by atoms with Gasteiger partial charge in [0.25, 0.3) is 0 Å². The molecule has 2 aromatic rings. The van der Waals surface area contributed by atoms with Crippen molar-refractivity contribution in [3.05, 3.63) is 52.8 Å². The number of ketones is 1. The zero-order chi connectivity index (χ0) is 19.8. The van der Waals surface area contributed by atoms with Crippen molar-refractivity contribution in [3.8, 4) is 5.75 Å². The van der Waals surface area contributed by atoms with Crippen molar-refractivity contribution >= 4 is 21.5 Å². The second-order valence-electron chi connectivity index (χ2n) is 6.81. The van der Waals surface area contributed by atoms with E-state index in [0.29, 0.717) is 23.3 Å². The van der Waals surface area contributed by atoms with Gasteiger partial charge in [0.05, 0.1) is 11.5 Å². The lowest BCUT2D eigenvalue weighted by Crippen LogP contribution is -2.16. The second-order valence-corrected chi connectivity index (χ2v) is 9.04. The van der Waals surface area contributed by atoms with Gasteiger partial charge in [-0.25, -0.2) is 8.42 Å². The van der Waals surface area contributed by atoms with Crippen LogP contribution in [0.3, 0.4) is 0 Å². The van der Waals surface area contributed by atoms with Crippen LogP contribution in [0.25, 0.3) is 0 Å². The standard InChI is InChI=1S/C19H22N2O5S/c1-12-9-17(13(2)21(12)15-7-8-27(24,25)11-15)18(22)10-26-16-5-3-14(4-6-16)19(20)23/h3-6,9,15H,7-8,10-11H2,1-2H3,(H2,20,23)/t15-/m0/s1. The number of primary amides is 1. The van der Waals surface area contributed by atoms with Crippen LogP contribution in [0.4, 0.5) is 0 Å². The summed E-state index contributed by atoms with van der Waals surface area (Å²) in [4.78, 5) is 23.7. The molecular weight excluding hydrogens is 368 g/mol. The topological polar surface area (TPSA) is 108 Å². The van der Waals surface area contributed by atoms with E-state index in [0.717, 1.165) is 11.4 Å². The molecule has 1 aromatic heterocycles. The van der Waals surface area contributed by atoms with Gasteiger partial charge in [-0.1, -0.05) is 0 Å². The highest BCUT2D eigenvalue weighted by molar-refractivity contribution is 7.91. The molecule has 1 fully saturated rings. The van der Waals surface area contributed by atoms with E-state index in [9.17, 15) is 18.0 Å². The molecule has 1 aromatic carbocycles. The Balaban J connectivity index is 1.72. The molecule has 7 nitrogen and oxygen atoms in total. The predicted molar refractivity (Wildman–Crippen MR) is 101 cm³/mol. The Morgan fingerprint density at radius 3 is 2.44 bits per heavy atom. The van der Waals surface area contributed by atoms with E-state index < -0.39 is 15.7 Å². The maximum atomic E-state index is 12.6. The molecule has 0 spiro atoms. The van der Waals surface area contributed by atoms with Crippen LogP contribution in [0, 0.1) is 13.8 Å². The van der Waals surface area contributed by atoms with Gasteiger partial charge in [-0.15, -0.1) is 0 Å². The highest BCUT2D eigenvalue weighted by Gasteiger charge is 2.31. The summed E-state index contributed by atoms with van der Waals surface area (Å²) in [6, 6.07) is 7.89. The highest BCUT2D eigenvalue weighted by Crippen LogP contribution is 2.29. The molecule has 1 aliphatic rings. The zero-order valence-electron chi connectivity index (χ0n) is 15.3. The quantitative estimate of drug-likeness (QED) is 0.757. The fraction of sp³-hybridized carbons (Fsp3) is 0.368. The zero-order valence-corrected chi connectivity index (χ0v) is 16.1. The summed E-state index contributed by atoms with van der Waals surface area (Å²) >= 11 is 0. The summed E-state index contributed by atoms with van der Waals surface area (Å²) in [5.74, 6) is 0.0412. The van der Waals surface area contributed by atoms with Gasteiger partial charge in [0.2, 0.25) is 11.7 Å². The summed E-state index contributed by atoms with van der Waals surface area (Å²) in [7, 11) is -3.01. The molecule has 1 aliphatic heterocycles. The van der Waals surface area contributed by atoms with E-state index in [1.165, 1.54) is 12.1 Å². The van der Waals surface area contributed by atoms with Crippen LogP contribution in [-0.4, -0.2) is 42.8 Å². The molecule has 1 amide bonds. The molecule has 2 heterocycles. The SMILES string of the molecule is Cc1cc(C(=O)COc2ccc(C(N)=O)cc2)c(C)n1[C@H]1CCS(=O)(=O)C1. The number of benzene rings is 1. The lowest BCUT2D eigenvalue weighted by atomic mass is 10.1. The number of carbonyl (C=O) groups is 2. The minimum atomic E-state index is -3.01. The van der Waals surface area contributed by atoms with Crippen molar-refractivity contribution in [1.29, 1.82) is 0 Å². The molecule has 8 heteroatoms. The number of ether oxygens (including phenoxy) is 1. The van der Waals surface area contributed by atoms with Crippen molar-refractivity contribution in [2.45, 2.75) is 26.3 Å². The lowest BCUT2D eigenvalue weighted by molar-refractivity contribution is 0.0919. The summed E-state index contributed by atoms with van der Waals surface area (Å²) < 4.78 is 31.0. The molecule has 3 rings (SSSR count). The van der Waals surface area contributed by atoms with Gasteiger partial charge in [-0.05, 0) is 50.6 Å². The number of sulfone groups is 1. The van der Waals surface area contributed by atoms with Crippen molar-refractivity contribution in [2.24, 2.45) is 5.73 Å². The third-order valence-corrected chi connectivity index (χ3v) is 6.62. The smallest absolute Gasteiger partial charge is 0.248 e. The van der Waals surface area contributed by atoms with Crippen LogP contribution >= 0.6 is 0 Å². The van der Waals surface area contributed by atoms with Crippen LogP contribution in [0.2, 0.25) is 0 Å². The minimum Gasteiger partial charge on any atom is -0.485 e. The Labute approximate surface area is 158 Å². The summed E-state index contributed by atoms with van der Waals surface area (Å²) in [6.45, 7) is 3.55. The van der Waals surface area contributed by atoms with Gasteiger partial charge in [0, 0.05) is 28.6 Å². The van der Waals surface area contributed by atoms with E-state index >= 15 is 0 Å². The average Bonchev–Trinajstić information content (AvgIpc) is 3.11. The number of aromatic nitrogens is 1. The van der Waals surface area contributed by atoms with Crippen LogP contribution in [0.5, 0.6) is 5.75 Å². The molecule has 0 bridgehead atoms. The Kier molecular flexibility index (Phi) is 5.10. The van der Waals surface area contributed by atoms with E-state index in [-0.39, 0.29) is 29.9 Å². The number of aryl methyl sites for hydroxylation is 1. The first-order valence-electron chi connectivity index (χ1n) is 8.62. The van der Waals surface area contributed by atoms with Gasteiger partial charge >= 0.3 is 0 Å². The number of hydrogen-bond acceptors (Lipinski definition) is 5. The number of Topliss-reactive ketones (excluding diaryl/α,β-unsaturated/α-hetero) is 1. The molecule has 2 N–H and O–H groups in total. The molecule has 144 valence electrons.